The van der Waals surface area contributed by atoms with Gasteiger partial charge < -0.3 is 35.6 Å². The molecule has 1 aromatic heterocycles. The number of rotatable bonds is 7. The molecule has 25 heavy (non-hydrogen) atoms. The molecule has 2 rings (SSSR count). The lowest BCUT2D eigenvalue weighted by molar-refractivity contribution is -0.139. The summed E-state index contributed by atoms with van der Waals surface area (Å²) in [5.41, 5.74) is -0.468. The Morgan fingerprint density at radius 1 is 1.04 bits per heavy atom. The zero-order valence-electron chi connectivity index (χ0n) is 12.9. The number of benzene rings is 1. The van der Waals surface area contributed by atoms with Gasteiger partial charge in [0.25, 0.3) is 5.56 Å². The van der Waals surface area contributed by atoms with Crippen molar-refractivity contribution < 1.29 is 35.0 Å². The third-order valence-electron chi connectivity index (χ3n) is 3.80. The Morgan fingerprint density at radius 3 is 2.32 bits per heavy atom. The summed E-state index contributed by atoms with van der Waals surface area (Å²) >= 11 is 0. The van der Waals surface area contributed by atoms with E-state index in [0.29, 0.717) is 0 Å². The molecule has 138 valence electrons. The fraction of sp³-hybridized carbons (Fsp3) is 0.467. The number of nitrogens with one attached hydrogen (secondary N) is 1. The molecule has 0 amide bonds. The molecule has 1 heterocycles. The van der Waals surface area contributed by atoms with Crippen LogP contribution in [0.15, 0.2) is 23.0 Å². The topological polar surface area (TPSA) is 167 Å². The average Bonchev–Trinajstić information content (AvgIpc) is 2.59. The normalized spacial score (nSPS) is 17.9. The van der Waals surface area contributed by atoms with Crippen LogP contribution in [0.25, 0.3) is 11.0 Å². The summed E-state index contributed by atoms with van der Waals surface area (Å²) in [5, 5.41) is 57.1. The largest absolute Gasteiger partial charge is 0.394 e. The summed E-state index contributed by atoms with van der Waals surface area (Å²) in [4.78, 5) is 18.3. The Kier molecular flexibility index (Phi) is 6.16. The quantitative estimate of drug-likeness (QED) is 0.283. The van der Waals surface area contributed by atoms with E-state index in [-0.39, 0.29) is 16.7 Å². The third-order valence-corrected chi connectivity index (χ3v) is 3.80. The van der Waals surface area contributed by atoms with Crippen LogP contribution in [0.4, 0.5) is 4.39 Å². The van der Waals surface area contributed by atoms with Crippen molar-refractivity contribution in [3.05, 3.63) is 40.1 Å². The lowest BCUT2D eigenvalue weighted by Crippen LogP contribution is -2.50. The molecular formula is C15H19FN2O7. The van der Waals surface area contributed by atoms with Gasteiger partial charge in [-0.15, -0.1) is 0 Å². The van der Waals surface area contributed by atoms with Crippen molar-refractivity contribution in [2.45, 2.75) is 36.9 Å². The van der Waals surface area contributed by atoms with Crippen LogP contribution >= 0.6 is 0 Å². The Labute approximate surface area is 140 Å². The Balaban J connectivity index is 2.18. The van der Waals surface area contributed by atoms with Crippen molar-refractivity contribution in [1.29, 1.82) is 0 Å². The van der Waals surface area contributed by atoms with Gasteiger partial charge in [0.05, 0.1) is 23.7 Å². The van der Waals surface area contributed by atoms with E-state index in [1.807, 2.05) is 0 Å². The molecule has 0 aliphatic rings. The molecule has 9 nitrogen and oxygen atoms in total. The van der Waals surface area contributed by atoms with Gasteiger partial charge in [0, 0.05) is 6.42 Å². The minimum atomic E-state index is -1.97. The predicted octanol–water partition coefficient (Wildman–Crippen LogP) is -2.60. The summed E-state index contributed by atoms with van der Waals surface area (Å²) in [5.74, 6) is -0.562. The molecule has 0 aliphatic heterocycles. The molecule has 1 aromatic carbocycles. The Morgan fingerprint density at radius 2 is 1.68 bits per heavy atom. The van der Waals surface area contributed by atoms with Crippen LogP contribution < -0.4 is 5.56 Å². The highest BCUT2D eigenvalue weighted by Gasteiger charge is 2.34. The van der Waals surface area contributed by atoms with Crippen molar-refractivity contribution in [2.75, 3.05) is 6.61 Å². The second-order valence-electron chi connectivity index (χ2n) is 5.67. The molecule has 0 spiro atoms. The van der Waals surface area contributed by atoms with Crippen LogP contribution in [0.5, 0.6) is 0 Å². The molecular weight excluding hydrogens is 339 g/mol. The average molecular weight is 358 g/mol. The van der Waals surface area contributed by atoms with Crippen molar-refractivity contribution >= 4 is 11.0 Å². The summed E-state index contributed by atoms with van der Waals surface area (Å²) in [7, 11) is 0. The van der Waals surface area contributed by atoms with Crippen molar-refractivity contribution in [1.82, 2.24) is 9.97 Å². The number of aromatic nitrogens is 2. The molecule has 1 unspecified atom stereocenters. The lowest BCUT2D eigenvalue weighted by atomic mass is 9.97. The first-order valence-corrected chi connectivity index (χ1v) is 7.44. The second kappa shape index (κ2) is 7.95. The molecule has 0 saturated heterocycles. The van der Waals surface area contributed by atoms with Crippen molar-refractivity contribution in [2.24, 2.45) is 0 Å². The number of halogens is 1. The fourth-order valence-corrected chi connectivity index (χ4v) is 2.32. The SMILES string of the molecule is O=c1[nH]c2cc(F)ccc2nc1C[C@@H](O)[C@@H](O)C(O)[C@H](O)[C@H](O)CO. The molecule has 7 N–H and O–H groups in total. The van der Waals surface area contributed by atoms with Crippen LogP contribution in [0, 0.1) is 5.82 Å². The standard InChI is InChI=1S/C15H19FN2O7/c16-6-1-2-7-8(3-6)18-15(25)9(17-7)4-10(20)12(22)14(24)13(23)11(21)5-19/h1-3,10-14,19-24H,4-5H2,(H,18,25)/t10-,11-,12-,13-,14?/m1/s1. The van der Waals surface area contributed by atoms with Crippen LogP contribution in [0.2, 0.25) is 0 Å². The number of aliphatic hydroxyl groups is 6. The van der Waals surface area contributed by atoms with Gasteiger partial charge in [0.15, 0.2) is 0 Å². The molecule has 5 atom stereocenters. The smallest absolute Gasteiger partial charge is 0.270 e. The summed E-state index contributed by atoms with van der Waals surface area (Å²) in [6.07, 6.45) is -9.66. The van der Waals surface area contributed by atoms with Crippen LogP contribution in [0.3, 0.4) is 0 Å². The summed E-state index contributed by atoms with van der Waals surface area (Å²) in [6, 6.07) is 3.54. The van der Waals surface area contributed by atoms with E-state index in [4.69, 9.17) is 5.11 Å². The van der Waals surface area contributed by atoms with E-state index >= 15 is 0 Å². The first-order chi connectivity index (χ1) is 11.7. The Hall–Kier alpha value is -1.95. The number of hydrogen-bond acceptors (Lipinski definition) is 8. The maximum atomic E-state index is 13.1. The van der Waals surface area contributed by atoms with Crippen LogP contribution in [0.1, 0.15) is 5.69 Å². The van der Waals surface area contributed by atoms with E-state index in [2.05, 4.69) is 9.97 Å². The van der Waals surface area contributed by atoms with Gasteiger partial charge in [-0.3, -0.25) is 4.79 Å². The minimum absolute atomic E-state index is 0.158. The highest BCUT2D eigenvalue weighted by atomic mass is 19.1. The van der Waals surface area contributed by atoms with Gasteiger partial charge in [-0.25, -0.2) is 9.37 Å². The highest BCUT2D eigenvalue weighted by Crippen LogP contribution is 2.13. The molecule has 0 fully saturated rings. The number of fused-ring (bicyclic) bond motifs is 1. The first kappa shape index (κ1) is 19.4. The van der Waals surface area contributed by atoms with Gasteiger partial charge in [0.1, 0.15) is 35.9 Å². The van der Waals surface area contributed by atoms with E-state index in [9.17, 15) is 34.7 Å². The highest BCUT2D eigenvalue weighted by molar-refractivity contribution is 5.73. The van der Waals surface area contributed by atoms with E-state index in [1.165, 1.54) is 6.07 Å². The zero-order chi connectivity index (χ0) is 18.7. The maximum absolute atomic E-state index is 13.1. The number of aromatic amines is 1. The van der Waals surface area contributed by atoms with Gasteiger partial charge in [-0.2, -0.15) is 0 Å². The molecule has 0 saturated carbocycles. The number of H-pyrrole nitrogens is 1. The monoisotopic (exact) mass is 358 g/mol. The van der Waals surface area contributed by atoms with E-state index in [0.717, 1.165) is 12.1 Å². The zero-order valence-corrected chi connectivity index (χ0v) is 12.9. The molecule has 0 bridgehead atoms. The first-order valence-electron chi connectivity index (χ1n) is 7.44. The second-order valence-corrected chi connectivity index (χ2v) is 5.67. The van der Waals surface area contributed by atoms with Gasteiger partial charge in [-0.05, 0) is 18.2 Å². The summed E-state index contributed by atoms with van der Waals surface area (Å²) in [6.45, 7) is -0.858. The van der Waals surface area contributed by atoms with Crippen LogP contribution in [-0.4, -0.2) is 77.7 Å². The van der Waals surface area contributed by atoms with Gasteiger partial charge >= 0.3 is 0 Å². The third kappa shape index (κ3) is 4.37. The van der Waals surface area contributed by atoms with Gasteiger partial charge in [0.2, 0.25) is 0 Å². The Bertz CT molecular complexity index is 784. The number of nitrogens with zero attached hydrogens (tertiary/aromatic N) is 1. The number of aliphatic hydroxyl groups excluding tert-OH is 6. The van der Waals surface area contributed by atoms with E-state index < -0.39 is 54.9 Å². The van der Waals surface area contributed by atoms with E-state index in [1.54, 1.807) is 0 Å². The predicted molar refractivity (Wildman–Crippen MR) is 83.1 cm³/mol. The lowest BCUT2D eigenvalue weighted by Gasteiger charge is -2.28. The van der Waals surface area contributed by atoms with Crippen molar-refractivity contribution in [3.8, 4) is 0 Å². The summed E-state index contributed by atoms with van der Waals surface area (Å²) < 4.78 is 13.1. The molecule has 0 radical (unpaired) electrons. The van der Waals surface area contributed by atoms with Crippen LogP contribution in [-0.2, 0) is 6.42 Å². The minimum Gasteiger partial charge on any atom is -0.394 e. The maximum Gasteiger partial charge on any atom is 0.270 e. The van der Waals surface area contributed by atoms with Crippen molar-refractivity contribution in [3.63, 3.8) is 0 Å². The molecule has 0 aliphatic carbocycles. The number of hydrogen-bond donors (Lipinski definition) is 7. The fourth-order valence-electron chi connectivity index (χ4n) is 2.32. The molecule has 10 heteroatoms. The van der Waals surface area contributed by atoms with Gasteiger partial charge in [-0.1, -0.05) is 0 Å². The molecule has 2 aromatic rings.